The fourth-order valence-corrected chi connectivity index (χ4v) is 3.54. The molecule has 2 N–H and O–H groups in total. The van der Waals surface area contributed by atoms with Crippen LogP contribution >= 0.6 is 0 Å². The van der Waals surface area contributed by atoms with Crippen LogP contribution in [0.4, 0.5) is 10.2 Å². The van der Waals surface area contributed by atoms with E-state index < -0.39 is 12.7 Å². The van der Waals surface area contributed by atoms with Gasteiger partial charge in [0.25, 0.3) is 5.91 Å². The molecule has 0 saturated carbocycles. The third kappa shape index (κ3) is 3.55. The van der Waals surface area contributed by atoms with Gasteiger partial charge in [0, 0.05) is 22.7 Å². The Bertz CT molecular complexity index is 1160. The quantitative estimate of drug-likeness (QED) is 0.699. The van der Waals surface area contributed by atoms with Crippen LogP contribution in [-0.4, -0.2) is 33.5 Å². The highest BCUT2D eigenvalue weighted by atomic mass is 19.1. The first-order valence-corrected chi connectivity index (χ1v) is 9.52. The number of nitrogen functional groups attached to an aromatic ring is 1. The van der Waals surface area contributed by atoms with Gasteiger partial charge in [0.05, 0.1) is 42.6 Å². The molecule has 3 heterocycles. The first-order chi connectivity index (χ1) is 14.5. The smallest absolute Gasteiger partial charge is 0.254 e. The molecule has 30 heavy (non-hydrogen) atoms. The number of carbonyl (C=O) groups is 1. The molecule has 7 nitrogen and oxygen atoms in total. The maximum atomic E-state index is 13.5. The van der Waals surface area contributed by atoms with Crippen molar-refractivity contribution in [2.75, 3.05) is 12.4 Å². The molecule has 3 aromatic rings. The van der Waals surface area contributed by atoms with E-state index >= 15 is 0 Å². The van der Waals surface area contributed by atoms with Gasteiger partial charge in [-0.2, -0.15) is 5.26 Å². The molecule has 0 bridgehead atoms. The third-order valence-corrected chi connectivity index (χ3v) is 5.28. The van der Waals surface area contributed by atoms with E-state index in [4.69, 9.17) is 15.7 Å². The first-order valence-electron chi connectivity index (χ1n) is 9.52. The van der Waals surface area contributed by atoms with Crippen LogP contribution in [0.5, 0.6) is 0 Å². The summed E-state index contributed by atoms with van der Waals surface area (Å²) in [5.74, 6) is 0.131. The van der Waals surface area contributed by atoms with Gasteiger partial charge < -0.3 is 15.4 Å². The van der Waals surface area contributed by atoms with E-state index in [1.807, 2.05) is 6.07 Å². The molecular weight excluding hydrogens is 385 g/mol. The van der Waals surface area contributed by atoms with Crippen LogP contribution in [0.3, 0.4) is 0 Å². The second-order valence-electron chi connectivity index (χ2n) is 7.27. The number of ether oxygens (including phenoxy) is 1. The van der Waals surface area contributed by atoms with Crippen LogP contribution in [0.15, 0.2) is 36.5 Å². The maximum Gasteiger partial charge on any atom is 0.254 e. The molecule has 1 amide bonds. The zero-order valence-electron chi connectivity index (χ0n) is 16.4. The minimum absolute atomic E-state index is 0.134. The van der Waals surface area contributed by atoms with Crippen LogP contribution in [-0.2, 0) is 24.5 Å². The van der Waals surface area contributed by atoms with E-state index in [0.29, 0.717) is 41.4 Å². The number of aromatic nitrogens is 2. The number of carbonyl (C=O) groups excluding carboxylic acids is 1. The van der Waals surface area contributed by atoms with E-state index in [1.165, 1.54) is 11.1 Å². The highest BCUT2D eigenvalue weighted by Gasteiger charge is 2.24. The second-order valence-corrected chi connectivity index (χ2v) is 7.27. The van der Waals surface area contributed by atoms with Crippen molar-refractivity contribution in [3.05, 3.63) is 64.5 Å². The number of hydrogen-bond acceptors (Lipinski definition) is 6. The fraction of sp³-hybridized carbons (Fsp3) is 0.273. The fourth-order valence-electron chi connectivity index (χ4n) is 3.54. The number of halogens is 1. The first kappa shape index (κ1) is 19.7. The molecule has 8 heteroatoms. The van der Waals surface area contributed by atoms with Gasteiger partial charge in [-0.3, -0.25) is 9.78 Å². The molecule has 152 valence electrons. The molecule has 1 atom stereocenters. The summed E-state index contributed by atoms with van der Waals surface area (Å²) >= 11 is 0. The number of pyridine rings is 2. The van der Waals surface area contributed by atoms with Gasteiger partial charge in [-0.05, 0) is 42.8 Å². The van der Waals surface area contributed by atoms with E-state index in [1.54, 1.807) is 37.3 Å². The van der Waals surface area contributed by atoms with Gasteiger partial charge >= 0.3 is 0 Å². The predicted molar refractivity (Wildman–Crippen MR) is 109 cm³/mol. The topological polar surface area (TPSA) is 105 Å². The Kier molecular flexibility index (Phi) is 5.29. The maximum absolute atomic E-state index is 13.5. The molecular formula is C22H20FN5O2. The summed E-state index contributed by atoms with van der Waals surface area (Å²) in [7, 11) is 0. The van der Waals surface area contributed by atoms with E-state index in [2.05, 4.69) is 9.97 Å². The van der Waals surface area contributed by atoms with Gasteiger partial charge in [-0.1, -0.05) is 0 Å². The highest BCUT2D eigenvalue weighted by molar-refractivity contribution is 5.99. The molecule has 4 rings (SSSR count). The number of nitrogens with zero attached hydrogens (tertiary/aromatic N) is 4. The summed E-state index contributed by atoms with van der Waals surface area (Å²) in [4.78, 5) is 23.3. The van der Waals surface area contributed by atoms with E-state index in [-0.39, 0.29) is 12.5 Å². The third-order valence-electron chi connectivity index (χ3n) is 5.28. The van der Waals surface area contributed by atoms with Crippen LogP contribution in [0.2, 0.25) is 0 Å². The Hall–Kier alpha value is -3.57. The largest absolute Gasteiger partial charge is 0.383 e. The van der Waals surface area contributed by atoms with Crippen molar-refractivity contribution >= 4 is 22.6 Å². The number of anilines is 1. The molecule has 0 unspecified atom stereocenters. The number of nitriles is 1. The van der Waals surface area contributed by atoms with Gasteiger partial charge in [0.2, 0.25) is 0 Å². The van der Waals surface area contributed by atoms with Crippen LogP contribution in [0.25, 0.3) is 10.9 Å². The Labute approximate surface area is 172 Å². The molecule has 1 aliphatic heterocycles. The predicted octanol–water partition coefficient (Wildman–Crippen LogP) is 3.11. The molecule has 2 aromatic heterocycles. The minimum atomic E-state index is -0.684. The van der Waals surface area contributed by atoms with Crippen LogP contribution in [0, 0.1) is 11.3 Å². The zero-order valence-corrected chi connectivity index (χ0v) is 16.4. The molecule has 0 spiro atoms. The van der Waals surface area contributed by atoms with Crippen molar-refractivity contribution in [2.45, 2.75) is 32.7 Å². The summed E-state index contributed by atoms with van der Waals surface area (Å²) in [6, 6.07) is 9.84. The number of fused-ring (bicyclic) bond motifs is 3. The molecule has 0 aliphatic carbocycles. The molecule has 0 fully saturated rings. The summed E-state index contributed by atoms with van der Waals surface area (Å²) in [6.07, 6.45) is 1.44. The van der Waals surface area contributed by atoms with Gasteiger partial charge in [-0.25, -0.2) is 9.37 Å². The Morgan fingerprint density at radius 1 is 1.33 bits per heavy atom. The van der Waals surface area contributed by atoms with E-state index in [0.717, 1.165) is 16.5 Å². The van der Waals surface area contributed by atoms with Crippen molar-refractivity contribution in [1.29, 1.82) is 5.26 Å². The number of nitrogens with two attached hydrogens (primary N) is 1. The normalized spacial score (nSPS) is 13.6. The van der Waals surface area contributed by atoms with Gasteiger partial charge in [0.1, 0.15) is 18.6 Å². The molecule has 0 radical (unpaired) electrons. The second kappa shape index (κ2) is 8.05. The average molecular weight is 405 g/mol. The van der Waals surface area contributed by atoms with Crippen molar-refractivity contribution in [2.24, 2.45) is 0 Å². The Morgan fingerprint density at radius 3 is 2.83 bits per heavy atom. The molecule has 0 saturated heterocycles. The van der Waals surface area contributed by atoms with Gasteiger partial charge in [0.15, 0.2) is 0 Å². The Balaban J connectivity index is 1.69. The summed E-state index contributed by atoms with van der Waals surface area (Å²) in [5, 5.41) is 9.73. The summed E-state index contributed by atoms with van der Waals surface area (Å²) in [5.41, 5.74) is 9.91. The van der Waals surface area contributed by atoms with Crippen molar-refractivity contribution < 1.29 is 13.9 Å². The van der Waals surface area contributed by atoms with Crippen molar-refractivity contribution in [3.8, 4) is 6.07 Å². The van der Waals surface area contributed by atoms with E-state index in [9.17, 15) is 9.18 Å². The SMILES string of the molecule is C[C@@H](CF)N(Cc1ccc(C#N)cn1)C(=O)c1ccc2nc(N)c3c(c2c1)COC3. The molecule has 1 aliphatic rings. The molecule has 1 aromatic carbocycles. The lowest BCUT2D eigenvalue weighted by Crippen LogP contribution is -2.39. The minimum Gasteiger partial charge on any atom is -0.383 e. The number of alkyl halides is 1. The van der Waals surface area contributed by atoms with Crippen LogP contribution < -0.4 is 5.73 Å². The monoisotopic (exact) mass is 405 g/mol. The highest BCUT2D eigenvalue weighted by Crippen LogP contribution is 2.32. The summed E-state index contributed by atoms with van der Waals surface area (Å²) < 4.78 is 19.0. The number of hydrogen-bond donors (Lipinski definition) is 1. The standard InChI is InChI=1S/C22H20FN5O2/c1-13(7-23)28(10-16-4-2-14(8-24)9-26-16)22(29)15-3-5-20-17(6-15)18-11-30-12-19(18)21(25)27-20/h2-6,9,13H,7,10-12H2,1H3,(H2,25,27)/t13-/m0/s1. The Morgan fingerprint density at radius 2 is 2.13 bits per heavy atom. The average Bonchev–Trinajstić information content (AvgIpc) is 3.28. The summed E-state index contributed by atoms with van der Waals surface area (Å²) in [6.45, 7) is 1.91. The number of benzene rings is 1. The van der Waals surface area contributed by atoms with Crippen molar-refractivity contribution in [1.82, 2.24) is 14.9 Å². The van der Waals surface area contributed by atoms with Crippen LogP contribution in [0.1, 0.15) is 39.7 Å². The number of rotatable bonds is 5. The lowest BCUT2D eigenvalue weighted by Gasteiger charge is -2.27. The van der Waals surface area contributed by atoms with Gasteiger partial charge in [-0.15, -0.1) is 0 Å². The lowest BCUT2D eigenvalue weighted by atomic mass is 10.0. The number of amides is 1. The van der Waals surface area contributed by atoms with Crippen molar-refractivity contribution in [3.63, 3.8) is 0 Å². The lowest BCUT2D eigenvalue weighted by molar-refractivity contribution is 0.0646. The zero-order chi connectivity index (χ0) is 21.3.